The second kappa shape index (κ2) is 9.10. The van der Waals surface area contributed by atoms with Gasteiger partial charge in [-0.3, -0.25) is 9.59 Å². The summed E-state index contributed by atoms with van der Waals surface area (Å²) in [7, 11) is 0. The van der Waals surface area contributed by atoms with Gasteiger partial charge >= 0.3 is 5.97 Å². The van der Waals surface area contributed by atoms with Crippen LogP contribution in [-0.2, 0) is 20.7 Å². The first-order valence-corrected chi connectivity index (χ1v) is 8.18. The lowest BCUT2D eigenvalue weighted by molar-refractivity contribution is -0.144. The fourth-order valence-corrected chi connectivity index (χ4v) is 2.24. The summed E-state index contributed by atoms with van der Waals surface area (Å²) in [5.74, 6) is -0.556. The fraction of sp³-hybridized carbons (Fsp3) is 0.222. The Bertz CT molecular complexity index is 641. The molecule has 0 heterocycles. The van der Waals surface area contributed by atoms with Gasteiger partial charge < -0.3 is 10.1 Å². The third-order valence-electron chi connectivity index (χ3n) is 3.18. The number of nitrogens with one attached hydrogen (secondary N) is 1. The van der Waals surface area contributed by atoms with Crippen molar-refractivity contribution < 1.29 is 14.3 Å². The molecule has 0 fully saturated rings. The van der Waals surface area contributed by atoms with Crippen molar-refractivity contribution in [2.45, 2.75) is 19.3 Å². The molecule has 0 bridgehead atoms. The normalized spacial score (nSPS) is 10.1. The van der Waals surface area contributed by atoms with Crippen molar-refractivity contribution >= 4 is 33.5 Å². The van der Waals surface area contributed by atoms with Crippen LogP contribution in [0.5, 0.6) is 0 Å². The van der Waals surface area contributed by atoms with Gasteiger partial charge in [-0.15, -0.1) is 0 Å². The van der Waals surface area contributed by atoms with E-state index in [-0.39, 0.29) is 24.7 Å². The maximum atomic E-state index is 11.8. The first kappa shape index (κ1) is 17.2. The Labute approximate surface area is 144 Å². The van der Waals surface area contributed by atoms with E-state index in [4.69, 9.17) is 4.74 Å². The SMILES string of the molecule is O=C(CCC(=O)OCCc1ccccc1)Nc1ccc(Br)cc1. The number of halogens is 1. The van der Waals surface area contributed by atoms with E-state index >= 15 is 0 Å². The zero-order valence-electron chi connectivity index (χ0n) is 12.6. The van der Waals surface area contributed by atoms with Crippen molar-refractivity contribution in [3.8, 4) is 0 Å². The van der Waals surface area contributed by atoms with Crippen LogP contribution in [0.4, 0.5) is 5.69 Å². The summed E-state index contributed by atoms with van der Waals surface area (Å²) in [5.41, 5.74) is 1.82. The van der Waals surface area contributed by atoms with Gasteiger partial charge in [0.1, 0.15) is 0 Å². The lowest BCUT2D eigenvalue weighted by atomic mass is 10.2. The molecule has 0 aliphatic rings. The Morgan fingerprint density at radius 3 is 2.35 bits per heavy atom. The lowest BCUT2D eigenvalue weighted by Crippen LogP contribution is -2.15. The molecule has 1 N–H and O–H groups in total. The van der Waals surface area contributed by atoms with Crippen LogP contribution in [0.3, 0.4) is 0 Å². The van der Waals surface area contributed by atoms with Gasteiger partial charge in [-0.25, -0.2) is 0 Å². The monoisotopic (exact) mass is 375 g/mol. The molecule has 120 valence electrons. The van der Waals surface area contributed by atoms with Gasteiger partial charge in [0.25, 0.3) is 0 Å². The molecule has 4 nitrogen and oxygen atoms in total. The van der Waals surface area contributed by atoms with Gasteiger partial charge in [-0.05, 0) is 29.8 Å². The van der Waals surface area contributed by atoms with Crippen molar-refractivity contribution in [3.05, 3.63) is 64.6 Å². The maximum Gasteiger partial charge on any atom is 0.306 e. The van der Waals surface area contributed by atoms with E-state index in [2.05, 4.69) is 21.2 Å². The number of esters is 1. The molecule has 0 radical (unpaired) electrons. The van der Waals surface area contributed by atoms with Crippen molar-refractivity contribution in [1.82, 2.24) is 0 Å². The Hall–Kier alpha value is -2.14. The van der Waals surface area contributed by atoms with Crippen LogP contribution in [0, 0.1) is 0 Å². The molecule has 23 heavy (non-hydrogen) atoms. The minimum absolute atomic E-state index is 0.0805. The van der Waals surface area contributed by atoms with Crippen molar-refractivity contribution in [1.29, 1.82) is 0 Å². The zero-order valence-corrected chi connectivity index (χ0v) is 14.2. The Morgan fingerprint density at radius 2 is 1.65 bits per heavy atom. The molecule has 0 saturated carbocycles. The molecule has 0 saturated heterocycles. The quantitative estimate of drug-likeness (QED) is 0.745. The van der Waals surface area contributed by atoms with E-state index in [1.54, 1.807) is 12.1 Å². The van der Waals surface area contributed by atoms with Gasteiger partial charge in [-0.1, -0.05) is 46.3 Å². The molecular formula is C18H18BrNO3. The summed E-state index contributed by atoms with van der Waals surface area (Å²) in [4.78, 5) is 23.4. The highest BCUT2D eigenvalue weighted by Gasteiger charge is 2.08. The molecule has 0 aromatic heterocycles. The number of amides is 1. The van der Waals surface area contributed by atoms with Gasteiger partial charge in [-0.2, -0.15) is 0 Å². The number of rotatable bonds is 7. The highest BCUT2D eigenvalue weighted by Crippen LogP contribution is 2.14. The summed E-state index contributed by atoms with van der Waals surface area (Å²) in [6.07, 6.45) is 0.870. The van der Waals surface area contributed by atoms with Gasteiger partial charge in [0, 0.05) is 23.0 Å². The number of carbonyl (C=O) groups excluding carboxylic acids is 2. The molecule has 0 aliphatic carbocycles. The predicted octanol–water partition coefficient (Wildman–Crippen LogP) is 3.95. The lowest BCUT2D eigenvalue weighted by Gasteiger charge is -2.06. The molecule has 0 atom stereocenters. The first-order valence-electron chi connectivity index (χ1n) is 7.38. The molecule has 2 aromatic carbocycles. The van der Waals surface area contributed by atoms with Crippen LogP contribution < -0.4 is 5.32 Å². The molecule has 0 spiro atoms. The van der Waals surface area contributed by atoms with E-state index in [0.29, 0.717) is 18.7 Å². The van der Waals surface area contributed by atoms with Crippen molar-refractivity contribution in [2.24, 2.45) is 0 Å². The van der Waals surface area contributed by atoms with Gasteiger partial charge in [0.05, 0.1) is 13.0 Å². The third-order valence-corrected chi connectivity index (χ3v) is 3.71. The minimum Gasteiger partial charge on any atom is -0.465 e. The Kier molecular flexibility index (Phi) is 6.81. The van der Waals surface area contributed by atoms with Crippen LogP contribution >= 0.6 is 15.9 Å². The fourth-order valence-electron chi connectivity index (χ4n) is 1.97. The third kappa shape index (κ3) is 6.65. The van der Waals surface area contributed by atoms with Crippen LogP contribution in [-0.4, -0.2) is 18.5 Å². The van der Waals surface area contributed by atoms with Gasteiger partial charge in [0.15, 0.2) is 0 Å². The molecular weight excluding hydrogens is 358 g/mol. The predicted molar refractivity (Wildman–Crippen MR) is 93.1 cm³/mol. The van der Waals surface area contributed by atoms with E-state index in [0.717, 1.165) is 10.0 Å². The summed E-state index contributed by atoms with van der Waals surface area (Å²) in [5, 5.41) is 2.74. The average molecular weight is 376 g/mol. The van der Waals surface area contributed by atoms with Crippen LogP contribution in [0.2, 0.25) is 0 Å². The van der Waals surface area contributed by atoms with E-state index in [9.17, 15) is 9.59 Å². The maximum absolute atomic E-state index is 11.8. The van der Waals surface area contributed by atoms with Crippen molar-refractivity contribution in [2.75, 3.05) is 11.9 Å². The van der Waals surface area contributed by atoms with Crippen LogP contribution in [0.25, 0.3) is 0 Å². The summed E-state index contributed by atoms with van der Waals surface area (Å²) in [6, 6.07) is 17.1. The number of hydrogen-bond acceptors (Lipinski definition) is 3. The van der Waals surface area contributed by atoms with Crippen LogP contribution in [0.15, 0.2) is 59.1 Å². The van der Waals surface area contributed by atoms with Gasteiger partial charge in [0.2, 0.25) is 5.91 Å². The summed E-state index contributed by atoms with van der Waals surface area (Å²) in [6.45, 7) is 0.331. The minimum atomic E-state index is -0.355. The van der Waals surface area contributed by atoms with Crippen LogP contribution in [0.1, 0.15) is 18.4 Å². The number of hydrogen-bond donors (Lipinski definition) is 1. The molecule has 0 unspecified atom stereocenters. The highest BCUT2D eigenvalue weighted by atomic mass is 79.9. The first-order chi connectivity index (χ1) is 11.1. The van der Waals surface area contributed by atoms with Crippen molar-refractivity contribution in [3.63, 3.8) is 0 Å². The number of benzene rings is 2. The summed E-state index contributed by atoms with van der Waals surface area (Å²) < 4.78 is 6.08. The molecule has 5 heteroatoms. The highest BCUT2D eigenvalue weighted by molar-refractivity contribution is 9.10. The Morgan fingerprint density at radius 1 is 0.957 bits per heavy atom. The summed E-state index contributed by atoms with van der Waals surface area (Å²) >= 11 is 3.33. The topological polar surface area (TPSA) is 55.4 Å². The zero-order chi connectivity index (χ0) is 16.5. The number of ether oxygens (including phenoxy) is 1. The number of anilines is 1. The number of carbonyl (C=O) groups is 2. The molecule has 0 aliphatic heterocycles. The smallest absolute Gasteiger partial charge is 0.306 e. The Balaban J connectivity index is 1.63. The second-order valence-corrected chi connectivity index (χ2v) is 5.93. The average Bonchev–Trinajstić information content (AvgIpc) is 2.56. The second-order valence-electron chi connectivity index (χ2n) is 5.01. The van der Waals surface area contributed by atoms with E-state index < -0.39 is 0 Å². The standard InChI is InChI=1S/C18H18BrNO3/c19-15-6-8-16(9-7-15)20-17(21)10-11-18(22)23-13-12-14-4-2-1-3-5-14/h1-9H,10-13H2,(H,20,21). The molecule has 2 rings (SSSR count). The van der Waals surface area contributed by atoms with E-state index in [1.165, 1.54) is 0 Å². The van der Waals surface area contributed by atoms with E-state index in [1.807, 2.05) is 42.5 Å². The molecule has 2 aromatic rings. The largest absolute Gasteiger partial charge is 0.465 e. The molecule has 1 amide bonds.